The number of nitrogens with one attached hydrogen (secondary N) is 1. The first-order valence-corrected chi connectivity index (χ1v) is 8.64. The van der Waals surface area contributed by atoms with E-state index >= 15 is 0 Å². The van der Waals surface area contributed by atoms with Crippen molar-refractivity contribution in [1.82, 2.24) is 5.32 Å². The molecule has 2 atom stereocenters. The van der Waals surface area contributed by atoms with Gasteiger partial charge in [0.25, 0.3) is 0 Å². The molecule has 3 rings (SSSR count). The molecule has 4 nitrogen and oxygen atoms in total. The first-order valence-electron chi connectivity index (χ1n) is 8.64. The fourth-order valence-electron chi connectivity index (χ4n) is 3.38. The average molecular weight is 346 g/mol. The summed E-state index contributed by atoms with van der Waals surface area (Å²) in [5.74, 6) is 0.263. The van der Waals surface area contributed by atoms with E-state index in [0.717, 1.165) is 17.0 Å². The first-order chi connectivity index (χ1) is 12.5. The summed E-state index contributed by atoms with van der Waals surface area (Å²) in [6.07, 6.45) is 2.03. The minimum absolute atomic E-state index is 0.166. The Morgan fingerprint density at radius 1 is 1.12 bits per heavy atom. The van der Waals surface area contributed by atoms with Gasteiger partial charge in [0, 0.05) is 11.3 Å². The fourth-order valence-corrected chi connectivity index (χ4v) is 3.38. The van der Waals surface area contributed by atoms with Gasteiger partial charge in [-0.2, -0.15) is 0 Å². The van der Waals surface area contributed by atoms with Gasteiger partial charge in [0.15, 0.2) is 0 Å². The van der Waals surface area contributed by atoms with Crippen LogP contribution in [0.15, 0.2) is 66.4 Å². The van der Waals surface area contributed by atoms with Crippen molar-refractivity contribution in [1.29, 1.82) is 0 Å². The predicted octanol–water partition coefficient (Wildman–Crippen LogP) is 4.26. The molecule has 0 bridgehead atoms. The van der Waals surface area contributed by atoms with Crippen LogP contribution in [0.1, 0.15) is 30.9 Å². The van der Waals surface area contributed by atoms with Gasteiger partial charge in [-0.15, -0.1) is 0 Å². The van der Waals surface area contributed by atoms with Gasteiger partial charge in [-0.1, -0.05) is 56.3 Å². The second-order valence-electron chi connectivity index (χ2n) is 6.73. The number of nitrogens with zero attached hydrogens (tertiary/aromatic N) is 1. The van der Waals surface area contributed by atoms with Crippen molar-refractivity contribution in [3.05, 3.63) is 88.9 Å². The van der Waals surface area contributed by atoms with Crippen molar-refractivity contribution in [2.75, 3.05) is 7.11 Å². The molecule has 1 heterocycles. The summed E-state index contributed by atoms with van der Waals surface area (Å²) in [5.41, 5.74) is 1.14. The number of benzene rings is 2. The lowest BCUT2D eigenvalue weighted by molar-refractivity contribution is -0.125. The third-order valence-corrected chi connectivity index (χ3v) is 4.89. The number of carbonyl (C=O) groups excluding carboxylic acids is 1. The third kappa shape index (κ3) is 2.86. The number of amides is 1. The summed E-state index contributed by atoms with van der Waals surface area (Å²) in [7, 11) is 1.62. The molecule has 1 N–H and O–H groups in total. The van der Waals surface area contributed by atoms with Crippen molar-refractivity contribution in [3.63, 3.8) is 0 Å². The molecule has 1 aliphatic rings. The molecule has 0 radical (unpaired) electrons. The van der Waals surface area contributed by atoms with Gasteiger partial charge in [-0.25, -0.2) is 6.57 Å². The van der Waals surface area contributed by atoms with Gasteiger partial charge in [0.2, 0.25) is 0 Å². The highest BCUT2D eigenvalue weighted by atomic mass is 16.5. The number of hydrogen-bond acceptors (Lipinski definition) is 2. The molecule has 0 aliphatic carbocycles. The molecule has 0 saturated heterocycles. The molecule has 0 saturated carbocycles. The van der Waals surface area contributed by atoms with E-state index in [9.17, 15) is 4.79 Å². The minimum atomic E-state index is -1.33. The zero-order chi connectivity index (χ0) is 18.7. The summed E-state index contributed by atoms with van der Waals surface area (Å²) in [6, 6.07) is 16.9. The lowest BCUT2D eigenvalue weighted by Gasteiger charge is -2.34. The normalized spacial score (nSPS) is 22.3. The summed E-state index contributed by atoms with van der Waals surface area (Å²) < 4.78 is 5.24. The molecule has 0 spiro atoms. The van der Waals surface area contributed by atoms with Crippen LogP contribution in [0.5, 0.6) is 5.75 Å². The van der Waals surface area contributed by atoms with Crippen molar-refractivity contribution >= 4 is 5.91 Å². The summed E-state index contributed by atoms with van der Waals surface area (Å²) in [4.78, 5) is 17.1. The van der Waals surface area contributed by atoms with E-state index in [1.807, 2.05) is 74.5 Å². The van der Waals surface area contributed by atoms with E-state index in [-0.39, 0.29) is 17.7 Å². The summed E-state index contributed by atoms with van der Waals surface area (Å²) in [6.45, 7) is 12.0. The molecule has 0 aromatic heterocycles. The minimum Gasteiger partial charge on any atom is -0.497 e. The van der Waals surface area contributed by atoms with E-state index in [1.165, 1.54) is 0 Å². The molecular formula is C22H22N2O2. The molecule has 0 fully saturated rings. The number of rotatable bonds is 4. The van der Waals surface area contributed by atoms with Crippen LogP contribution < -0.4 is 10.1 Å². The Labute approximate surface area is 154 Å². The topological polar surface area (TPSA) is 42.7 Å². The number of hydrogen-bond donors (Lipinski definition) is 1. The fraction of sp³-hybridized carbons (Fsp3) is 0.273. The van der Waals surface area contributed by atoms with Gasteiger partial charge in [-0.3, -0.25) is 9.64 Å². The highest BCUT2D eigenvalue weighted by Gasteiger charge is 2.56. The van der Waals surface area contributed by atoms with E-state index < -0.39 is 5.54 Å². The second kappa shape index (κ2) is 7.05. The largest absolute Gasteiger partial charge is 0.497 e. The Balaban J connectivity index is 2.22. The van der Waals surface area contributed by atoms with Crippen LogP contribution in [0.2, 0.25) is 0 Å². The zero-order valence-electron chi connectivity index (χ0n) is 15.2. The van der Waals surface area contributed by atoms with E-state index in [4.69, 9.17) is 11.3 Å². The van der Waals surface area contributed by atoms with Crippen molar-refractivity contribution in [2.45, 2.75) is 25.3 Å². The molecule has 132 valence electrons. The maximum absolute atomic E-state index is 13.2. The Morgan fingerprint density at radius 2 is 1.77 bits per heavy atom. The molecule has 2 aromatic carbocycles. The van der Waals surface area contributed by atoms with Gasteiger partial charge in [0.1, 0.15) is 5.75 Å². The van der Waals surface area contributed by atoms with Crippen LogP contribution in [-0.4, -0.2) is 13.0 Å². The van der Waals surface area contributed by atoms with E-state index in [1.54, 1.807) is 7.11 Å². The quantitative estimate of drug-likeness (QED) is 0.841. The highest BCUT2D eigenvalue weighted by molar-refractivity contribution is 5.94. The molecular weight excluding hydrogens is 324 g/mol. The second-order valence-corrected chi connectivity index (χ2v) is 6.73. The van der Waals surface area contributed by atoms with Gasteiger partial charge >= 0.3 is 11.4 Å². The van der Waals surface area contributed by atoms with Crippen molar-refractivity contribution in [3.8, 4) is 5.75 Å². The zero-order valence-corrected chi connectivity index (χ0v) is 15.2. The molecule has 26 heavy (non-hydrogen) atoms. The molecule has 4 heteroatoms. The third-order valence-electron chi connectivity index (χ3n) is 4.89. The van der Waals surface area contributed by atoms with Gasteiger partial charge in [0.05, 0.1) is 13.0 Å². The van der Waals surface area contributed by atoms with E-state index in [2.05, 4.69) is 10.2 Å². The maximum Gasteiger partial charge on any atom is 0.344 e. The lowest BCUT2D eigenvalue weighted by atomic mass is 9.71. The monoisotopic (exact) mass is 346 g/mol. The first kappa shape index (κ1) is 17.8. The number of allylic oxidation sites excluding steroid dienone is 1. The maximum atomic E-state index is 13.2. The van der Waals surface area contributed by atoms with Gasteiger partial charge in [-0.05, 0) is 29.7 Å². The molecule has 1 aliphatic heterocycles. The van der Waals surface area contributed by atoms with Crippen LogP contribution in [0.4, 0.5) is 0 Å². The van der Waals surface area contributed by atoms with E-state index in [0.29, 0.717) is 5.56 Å². The standard InChI is InChI=1S/C22H22N2O2/c1-15(2)20-14-19(16-10-12-18(26-4)13-11-16)22(23-3,21(25)24-20)17-8-6-5-7-9-17/h5-15,19H,1-2,4H3,(H,24,25)/t19-,22+/m0/s1. The Morgan fingerprint density at radius 3 is 2.31 bits per heavy atom. The molecule has 1 amide bonds. The Kier molecular flexibility index (Phi) is 4.81. The van der Waals surface area contributed by atoms with Crippen LogP contribution >= 0.6 is 0 Å². The van der Waals surface area contributed by atoms with Crippen LogP contribution in [-0.2, 0) is 10.3 Å². The average Bonchev–Trinajstić information content (AvgIpc) is 2.68. The smallest absolute Gasteiger partial charge is 0.344 e. The van der Waals surface area contributed by atoms with Crippen LogP contribution in [0.25, 0.3) is 4.85 Å². The number of carbonyl (C=O) groups is 1. The van der Waals surface area contributed by atoms with Crippen LogP contribution in [0, 0.1) is 12.5 Å². The Hall–Kier alpha value is -3.06. The predicted molar refractivity (Wildman–Crippen MR) is 102 cm³/mol. The highest BCUT2D eigenvalue weighted by Crippen LogP contribution is 2.45. The van der Waals surface area contributed by atoms with Crippen molar-refractivity contribution < 1.29 is 9.53 Å². The summed E-state index contributed by atoms with van der Waals surface area (Å²) >= 11 is 0. The van der Waals surface area contributed by atoms with Gasteiger partial charge < -0.3 is 10.1 Å². The summed E-state index contributed by atoms with van der Waals surface area (Å²) in [5, 5.41) is 2.96. The molecule has 2 aromatic rings. The SMILES string of the molecule is [C-]#[N+][C@@]1(c2ccccc2)C(=O)NC(C(C)C)=C[C@H]1c1ccc(OC)cc1. The van der Waals surface area contributed by atoms with Crippen molar-refractivity contribution in [2.24, 2.45) is 5.92 Å². The number of methoxy groups -OCH3 is 1. The molecule has 0 unspecified atom stereocenters. The lowest BCUT2D eigenvalue weighted by Crippen LogP contribution is -2.49. The van der Waals surface area contributed by atoms with Crippen LogP contribution in [0.3, 0.4) is 0 Å². The Bertz CT molecular complexity index is 863. The number of ether oxygens (including phenoxy) is 1.